The zero-order chi connectivity index (χ0) is 16.1. The summed E-state index contributed by atoms with van der Waals surface area (Å²) in [5.41, 5.74) is 1.55. The summed E-state index contributed by atoms with van der Waals surface area (Å²) in [6, 6.07) is 8.86. The molecule has 0 aromatic heterocycles. The molecule has 2 aromatic carbocycles. The molecule has 0 aliphatic heterocycles. The molecule has 0 bridgehead atoms. The first kappa shape index (κ1) is 15.5. The standard InChI is InChI=1S/C18H13FO3/c1-12-10-14(19)8-6-13(12)7-9-17(21)15-4-3-5-18(22-2)16(15)11-20/h3-6,8,10-11H,1-2H3. The third-order valence-electron chi connectivity index (χ3n) is 3.15. The normalized spacial score (nSPS) is 9.59. The monoisotopic (exact) mass is 296 g/mol. The summed E-state index contributed by atoms with van der Waals surface area (Å²) < 4.78 is 18.1. The molecule has 2 aromatic rings. The van der Waals surface area contributed by atoms with Crippen LogP contribution in [0.1, 0.15) is 31.8 Å². The Morgan fingerprint density at radius 3 is 2.68 bits per heavy atom. The van der Waals surface area contributed by atoms with E-state index in [0.717, 1.165) is 0 Å². The first-order valence-electron chi connectivity index (χ1n) is 6.51. The Bertz CT molecular complexity index is 798. The Morgan fingerprint density at radius 2 is 2.05 bits per heavy atom. The van der Waals surface area contributed by atoms with Crippen molar-refractivity contribution in [1.29, 1.82) is 0 Å². The molecule has 0 aliphatic carbocycles. The molecule has 0 radical (unpaired) electrons. The van der Waals surface area contributed by atoms with Gasteiger partial charge in [0.15, 0.2) is 6.29 Å². The molecule has 0 N–H and O–H groups in total. The summed E-state index contributed by atoms with van der Waals surface area (Å²) in [6.45, 7) is 1.71. The summed E-state index contributed by atoms with van der Waals surface area (Å²) in [6.07, 6.45) is 0.566. The van der Waals surface area contributed by atoms with Gasteiger partial charge >= 0.3 is 0 Å². The van der Waals surface area contributed by atoms with E-state index in [1.165, 1.54) is 31.4 Å². The smallest absolute Gasteiger partial charge is 0.237 e. The number of rotatable bonds is 3. The predicted octanol–water partition coefficient (Wildman–Crippen LogP) is 3.19. The van der Waals surface area contributed by atoms with Crippen LogP contribution >= 0.6 is 0 Å². The molecule has 3 nitrogen and oxygen atoms in total. The van der Waals surface area contributed by atoms with Gasteiger partial charge in [-0.15, -0.1) is 0 Å². The third kappa shape index (κ3) is 3.21. The fraction of sp³-hybridized carbons (Fsp3) is 0.111. The molecule has 0 atom stereocenters. The van der Waals surface area contributed by atoms with Gasteiger partial charge in [0, 0.05) is 11.1 Å². The van der Waals surface area contributed by atoms with Gasteiger partial charge in [-0.2, -0.15) is 0 Å². The summed E-state index contributed by atoms with van der Waals surface area (Å²) in [7, 11) is 1.42. The van der Waals surface area contributed by atoms with Gasteiger partial charge < -0.3 is 4.74 Å². The average Bonchev–Trinajstić information content (AvgIpc) is 2.52. The maximum absolute atomic E-state index is 13.0. The first-order chi connectivity index (χ1) is 10.6. The van der Waals surface area contributed by atoms with Gasteiger partial charge in [0.2, 0.25) is 5.78 Å². The fourth-order valence-corrected chi connectivity index (χ4v) is 2.00. The largest absolute Gasteiger partial charge is 0.496 e. The minimum atomic E-state index is -0.496. The van der Waals surface area contributed by atoms with Gasteiger partial charge in [0.25, 0.3) is 0 Å². The SMILES string of the molecule is COc1cccc(C(=O)C#Cc2ccc(F)cc2C)c1C=O. The molecule has 0 aliphatic rings. The Morgan fingerprint density at radius 1 is 1.27 bits per heavy atom. The van der Waals surface area contributed by atoms with Gasteiger partial charge in [0.1, 0.15) is 11.6 Å². The number of hydrogen-bond donors (Lipinski definition) is 0. The molecule has 0 unspecified atom stereocenters. The minimum absolute atomic E-state index is 0.167. The summed E-state index contributed by atoms with van der Waals surface area (Å²) in [5, 5.41) is 0. The van der Waals surface area contributed by atoms with Crippen LogP contribution in [0.2, 0.25) is 0 Å². The second-order valence-electron chi connectivity index (χ2n) is 4.58. The second kappa shape index (κ2) is 6.68. The highest BCUT2D eigenvalue weighted by Gasteiger charge is 2.13. The number of methoxy groups -OCH3 is 1. The Kier molecular flexibility index (Phi) is 4.70. The van der Waals surface area contributed by atoms with Crippen LogP contribution in [-0.4, -0.2) is 19.2 Å². The quantitative estimate of drug-likeness (QED) is 0.496. The van der Waals surface area contributed by atoms with E-state index in [1.807, 2.05) is 0 Å². The van der Waals surface area contributed by atoms with Crippen LogP contribution in [0, 0.1) is 24.6 Å². The van der Waals surface area contributed by atoms with Crippen molar-refractivity contribution in [3.8, 4) is 17.6 Å². The van der Waals surface area contributed by atoms with Crippen molar-refractivity contribution < 1.29 is 18.7 Å². The van der Waals surface area contributed by atoms with Gasteiger partial charge in [0.05, 0.1) is 12.7 Å². The predicted molar refractivity (Wildman–Crippen MR) is 80.7 cm³/mol. The summed E-state index contributed by atoms with van der Waals surface area (Å²) in [4.78, 5) is 23.3. The Balaban J connectivity index is 2.39. The van der Waals surface area contributed by atoms with E-state index < -0.39 is 5.78 Å². The van der Waals surface area contributed by atoms with E-state index in [4.69, 9.17) is 4.74 Å². The lowest BCUT2D eigenvalue weighted by molar-refractivity contribution is 0.104. The van der Waals surface area contributed by atoms with Crippen molar-refractivity contribution in [1.82, 2.24) is 0 Å². The van der Waals surface area contributed by atoms with Crippen molar-refractivity contribution in [3.05, 3.63) is 64.5 Å². The Hall–Kier alpha value is -2.93. The van der Waals surface area contributed by atoms with Gasteiger partial charge in [-0.05, 0) is 48.7 Å². The molecule has 0 amide bonds. The molecular weight excluding hydrogens is 283 g/mol. The van der Waals surface area contributed by atoms with Crippen LogP contribution in [0.4, 0.5) is 4.39 Å². The number of Topliss-reactive ketones (excluding diaryl/α,β-unsaturated/α-hetero) is 1. The van der Waals surface area contributed by atoms with Crippen molar-refractivity contribution in [3.63, 3.8) is 0 Å². The average molecular weight is 296 g/mol. The molecule has 4 heteroatoms. The molecule has 0 fully saturated rings. The van der Waals surface area contributed by atoms with Crippen molar-refractivity contribution in [2.24, 2.45) is 0 Å². The zero-order valence-electron chi connectivity index (χ0n) is 12.1. The van der Waals surface area contributed by atoms with E-state index in [2.05, 4.69) is 11.8 Å². The molecule has 0 saturated heterocycles. The van der Waals surface area contributed by atoms with Crippen molar-refractivity contribution >= 4 is 12.1 Å². The van der Waals surface area contributed by atoms with Gasteiger partial charge in [-0.25, -0.2) is 4.39 Å². The van der Waals surface area contributed by atoms with Gasteiger partial charge in [-0.3, -0.25) is 9.59 Å². The maximum atomic E-state index is 13.0. The molecule has 0 saturated carbocycles. The van der Waals surface area contributed by atoms with Crippen LogP contribution < -0.4 is 4.74 Å². The highest BCUT2D eigenvalue weighted by molar-refractivity contribution is 6.13. The van der Waals surface area contributed by atoms with Crippen molar-refractivity contribution in [2.75, 3.05) is 7.11 Å². The number of halogens is 1. The number of ketones is 1. The van der Waals surface area contributed by atoms with Crippen LogP contribution in [0.25, 0.3) is 0 Å². The van der Waals surface area contributed by atoms with Crippen molar-refractivity contribution in [2.45, 2.75) is 6.92 Å². The molecule has 2 rings (SSSR count). The highest BCUT2D eigenvalue weighted by atomic mass is 19.1. The topological polar surface area (TPSA) is 43.4 Å². The first-order valence-corrected chi connectivity index (χ1v) is 6.51. The number of ether oxygens (including phenoxy) is 1. The molecule has 0 heterocycles. The third-order valence-corrected chi connectivity index (χ3v) is 3.15. The minimum Gasteiger partial charge on any atom is -0.496 e. The molecule has 22 heavy (non-hydrogen) atoms. The van der Waals surface area contributed by atoms with Crippen LogP contribution in [0.15, 0.2) is 36.4 Å². The van der Waals surface area contributed by atoms with E-state index in [0.29, 0.717) is 23.2 Å². The van der Waals surface area contributed by atoms with Crippen LogP contribution in [-0.2, 0) is 0 Å². The van der Waals surface area contributed by atoms with E-state index in [-0.39, 0.29) is 16.9 Å². The van der Waals surface area contributed by atoms with E-state index in [1.54, 1.807) is 19.1 Å². The number of aryl methyl sites for hydroxylation is 1. The lowest BCUT2D eigenvalue weighted by Crippen LogP contribution is -2.03. The number of carbonyl (C=O) groups excluding carboxylic acids is 2. The second-order valence-corrected chi connectivity index (χ2v) is 4.58. The Labute approximate surface area is 127 Å². The summed E-state index contributed by atoms with van der Waals surface area (Å²) in [5.74, 6) is 4.65. The van der Waals surface area contributed by atoms with Crippen LogP contribution in [0.5, 0.6) is 5.75 Å². The number of carbonyl (C=O) groups is 2. The number of aldehydes is 1. The molecule has 0 spiro atoms. The summed E-state index contributed by atoms with van der Waals surface area (Å²) >= 11 is 0. The van der Waals surface area contributed by atoms with Gasteiger partial charge in [-0.1, -0.05) is 12.0 Å². The van der Waals surface area contributed by atoms with Crippen LogP contribution in [0.3, 0.4) is 0 Å². The highest BCUT2D eigenvalue weighted by Crippen LogP contribution is 2.20. The number of benzene rings is 2. The molecular formula is C18H13FO3. The maximum Gasteiger partial charge on any atom is 0.237 e. The number of hydrogen-bond acceptors (Lipinski definition) is 3. The zero-order valence-corrected chi connectivity index (χ0v) is 12.1. The lowest BCUT2D eigenvalue weighted by atomic mass is 10.0. The van der Waals surface area contributed by atoms with E-state index in [9.17, 15) is 14.0 Å². The fourth-order valence-electron chi connectivity index (χ4n) is 2.00. The lowest BCUT2D eigenvalue weighted by Gasteiger charge is -2.05. The molecule has 110 valence electrons. The van der Waals surface area contributed by atoms with E-state index >= 15 is 0 Å².